The predicted octanol–water partition coefficient (Wildman–Crippen LogP) is 4.20. The molecule has 0 saturated heterocycles. The molecule has 1 atom stereocenters. The van der Waals surface area contributed by atoms with E-state index in [2.05, 4.69) is 0 Å². The molecule has 110 valence electrons. The Labute approximate surface area is 129 Å². The van der Waals surface area contributed by atoms with Crippen LogP contribution in [0.15, 0.2) is 48.5 Å². The van der Waals surface area contributed by atoms with Crippen LogP contribution < -0.4 is 4.74 Å². The second-order valence-electron chi connectivity index (χ2n) is 4.70. The number of benzene rings is 2. The predicted molar refractivity (Wildman–Crippen MR) is 82.7 cm³/mol. The molecule has 0 radical (unpaired) electrons. The van der Waals surface area contributed by atoms with Gasteiger partial charge in [-0.05, 0) is 30.7 Å². The van der Waals surface area contributed by atoms with Crippen molar-refractivity contribution >= 4 is 17.6 Å². The van der Waals surface area contributed by atoms with Crippen molar-refractivity contribution in [1.82, 2.24) is 0 Å². The second kappa shape index (κ2) is 7.14. The van der Waals surface area contributed by atoms with E-state index in [1.165, 1.54) is 7.11 Å². The minimum Gasteiger partial charge on any atom is -0.489 e. The number of carbonyl (C=O) groups excluding carboxylic acids is 1. The quantitative estimate of drug-likeness (QED) is 0.777. The first kappa shape index (κ1) is 15.4. The molecule has 1 unspecified atom stereocenters. The van der Waals surface area contributed by atoms with Gasteiger partial charge in [0.15, 0.2) is 0 Å². The first-order chi connectivity index (χ1) is 10.1. The molecule has 2 aromatic carbocycles. The van der Waals surface area contributed by atoms with Crippen LogP contribution >= 0.6 is 11.6 Å². The van der Waals surface area contributed by atoms with E-state index in [9.17, 15) is 4.79 Å². The third kappa shape index (κ3) is 3.99. The summed E-state index contributed by atoms with van der Waals surface area (Å²) in [5.74, 6) is 0.111. The highest BCUT2D eigenvalue weighted by Crippen LogP contribution is 2.23. The van der Waals surface area contributed by atoms with Gasteiger partial charge in [-0.25, -0.2) is 0 Å². The lowest BCUT2D eigenvalue weighted by Crippen LogP contribution is -2.10. The van der Waals surface area contributed by atoms with Gasteiger partial charge in [-0.3, -0.25) is 4.79 Å². The summed E-state index contributed by atoms with van der Waals surface area (Å²) in [7, 11) is 1.39. The molecule has 0 amide bonds. The average molecular weight is 305 g/mol. The van der Waals surface area contributed by atoms with Crippen molar-refractivity contribution in [1.29, 1.82) is 0 Å². The fraction of sp³-hybridized carbons (Fsp3) is 0.235. The molecule has 3 nitrogen and oxygen atoms in total. The molecule has 0 aromatic heterocycles. The molecule has 4 heteroatoms. The maximum atomic E-state index is 11.6. The lowest BCUT2D eigenvalue weighted by atomic mass is 10.0. The summed E-state index contributed by atoms with van der Waals surface area (Å²) in [6.45, 7) is 2.19. The van der Waals surface area contributed by atoms with Gasteiger partial charge in [0.25, 0.3) is 0 Å². The molecule has 0 aliphatic carbocycles. The van der Waals surface area contributed by atoms with Gasteiger partial charge in [0.05, 0.1) is 13.0 Å². The Balaban J connectivity index is 2.08. The molecule has 0 bridgehead atoms. The number of halogens is 1. The fourth-order valence-corrected chi connectivity index (χ4v) is 2.15. The van der Waals surface area contributed by atoms with Crippen molar-refractivity contribution in [3.8, 4) is 5.75 Å². The summed E-state index contributed by atoms with van der Waals surface area (Å²) in [4.78, 5) is 11.6. The van der Waals surface area contributed by atoms with E-state index in [1.54, 1.807) is 6.92 Å². The Morgan fingerprint density at radius 3 is 2.67 bits per heavy atom. The average Bonchev–Trinajstić information content (AvgIpc) is 2.53. The second-order valence-corrected chi connectivity index (χ2v) is 5.10. The van der Waals surface area contributed by atoms with Crippen molar-refractivity contribution < 1.29 is 14.3 Å². The van der Waals surface area contributed by atoms with Crippen LogP contribution in [-0.2, 0) is 16.1 Å². The summed E-state index contributed by atoms with van der Waals surface area (Å²) in [6, 6.07) is 15.0. The highest BCUT2D eigenvalue weighted by atomic mass is 35.5. The van der Waals surface area contributed by atoms with Crippen LogP contribution in [0, 0.1) is 0 Å². The van der Waals surface area contributed by atoms with Gasteiger partial charge in [0, 0.05) is 10.6 Å². The van der Waals surface area contributed by atoms with Crippen LogP contribution in [0.25, 0.3) is 0 Å². The molecule has 0 N–H and O–H groups in total. The number of hydrogen-bond acceptors (Lipinski definition) is 3. The number of carbonyl (C=O) groups is 1. The summed E-state index contributed by atoms with van der Waals surface area (Å²) < 4.78 is 10.5. The maximum Gasteiger partial charge on any atom is 0.312 e. The van der Waals surface area contributed by atoms with Gasteiger partial charge in [-0.1, -0.05) is 41.9 Å². The molecule has 2 rings (SSSR count). The number of hydrogen-bond donors (Lipinski definition) is 0. The van der Waals surface area contributed by atoms with Crippen molar-refractivity contribution in [3.63, 3.8) is 0 Å². The maximum absolute atomic E-state index is 11.6. The summed E-state index contributed by atoms with van der Waals surface area (Å²) in [5.41, 5.74) is 1.78. The molecule has 0 spiro atoms. The van der Waals surface area contributed by atoms with E-state index in [1.807, 2.05) is 48.5 Å². The van der Waals surface area contributed by atoms with E-state index in [4.69, 9.17) is 21.1 Å². The molecule has 21 heavy (non-hydrogen) atoms. The standard InChI is InChI=1S/C17H17ClO3/c1-12(17(19)20-2)13-7-5-8-15(10-13)21-11-14-6-3-4-9-16(14)18/h3-10,12H,11H2,1-2H3. The summed E-state index contributed by atoms with van der Waals surface area (Å²) in [5, 5.41) is 0.677. The van der Waals surface area contributed by atoms with Gasteiger partial charge in [-0.2, -0.15) is 0 Å². The van der Waals surface area contributed by atoms with Crippen LogP contribution in [0.5, 0.6) is 5.75 Å². The monoisotopic (exact) mass is 304 g/mol. The topological polar surface area (TPSA) is 35.5 Å². The summed E-state index contributed by atoms with van der Waals surface area (Å²) >= 11 is 6.09. The third-order valence-electron chi connectivity index (χ3n) is 3.27. The van der Waals surface area contributed by atoms with E-state index in [-0.39, 0.29) is 11.9 Å². The van der Waals surface area contributed by atoms with Crippen molar-refractivity contribution in [2.45, 2.75) is 19.4 Å². The highest BCUT2D eigenvalue weighted by Gasteiger charge is 2.15. The van der Waals surface area contributed by atoms with Gasteiger partial charge in [-0.15, -0.1) is 0 Å². The smallest absolute Gasteiger partial charge is 0.312 e. The van der Waals surface area contributed by atoms with Crippen molar-refractivity contribution in [3.05, 3.63) is 64.7 Å². The van der Waals surface area contributed by atoms with Crippen molar-refractivity contribution in [2.75, 3.05) is 7.11 Å². The Kier molecular flexibility index (Phi) is 5.23. The SMILES string of the molecule is COC(=O)C(C)c1cccc(OCc2ccccc2Cl)c1. The lowest BCUT2D eigenvalue weighted by Gasteiger charge is -2.12. The largest absolute Gasteiger partial charge is 0.489 e. The zero-order chi connectivity index (χ0) is 15.2. The van der Waals surface area contributed by atoms with E-state index >= 15 is 0 Å². The Morgan fingerprint density at radius 2 is 1.95 bits per heavy atom. The van der Waals surface area contributed by atoms with Gasteiger partial charge in [0.1, 0.15) is 12.4 Å². The first-order valence-electron chi connectivity index (χ1n) is 6.66. The molecule has 0 aliphatic rings. The molecule has 0 heterocycles. The molecular weight excluding hydrogens is 288 g/mol. The van der Waals surface area contributed by atoms with Gasteiger partial charge >= 0.3 is 5.97 Å². The minimum atomic E-state index is -0.320. The molecule has 2 aromatic rings. The molecule has 0 aliphatic heterocycles. The van der Waals surface area contributed by atoms with E-state index in [0.717, 1.165) is 11.1 Å². The van der Waals surface area contributed by atoms with E-state index in [0.29, 0.717) is 17.4 Å². The fourth-order valence-electron chi connectivity index (χ4n) is 1.96. The summed E-state index contributed by atoms with van der Waals surface area (Å²) in [6.07, 6.45) is 0. The number of methoxy groups -OCH3 is 1. The zero-order valence-electron chi connectivity index (χ0n) is 12.0. The Bertz CT molecular complexity index is 625. The van der Waals surface area contributed by atoms with Crippen LogP contribution in [0.2, 0.25) is 5.02 Å². The van der Waals surface area contributed by atoms with Crippen LogP contribution in [-0.4, -0.2) is 13.1 Å². The molecular formula is C17H17ClO3. The number of ether oxygens (including phenoxy) is 2. The number of rotatable bonds is 5. The highest BCUT2D eigenvalue weighted by molar-refractivity contribution is 6.31. The Morgan fingerprint density at radius 1 is 1.19 bits per heavy atom. The van der Waals surface area contributed by atoms with Crippen molar-refractivity contribution in [2.24, 2.45) is 0 Å². The number of esters is 1. The molecule has 0 saturated carbocycles. The zero-order valence-corrected chi connectivity index (χ0v) is 12.8. The first-order valence-corrected chi connectivity index (χ1v) is 7.03. The van der Waals surface area contributed by atoms with Crippen LogP contribution in [0.1, 0.15) is 24.0 Å². The van der Waals surface area contributed by atoms with Gasteiger partial charge in [0.2, 0.25) is 0 Å². The normalized spacial score (nSPS) is 11.8. The minimum absolute atomic E-state index is 0.266. The van der Waals surface area contributed by atoms with Crippen LogP contribution in [0.3, 0.4) is 0 Å². The Hall–Kier alpha value is -2.00. The lowest BCUT2D eigenvalue weighted by molar-refractivity contribution is -0.141. The van der Waals surface area contributed by atoms with Crippen LogP contribution in [0.4, 0.5) is 0 Å². The third-order valence-corrected chi connectivity index (χ3v) is 3.63. The molecule has 0 fully saturated rings. The van der Waals surface area contributed by atoms with Gasteiger partial charge < -0.3 is 9.47 Å². The van der Waals surface area contributed by atoms with E-state index < -0.39 is 0 Å².